The van der Waals surface area contributed by atoms with Gasteiger partial charge in [-0.05, 0) is 48.2 Å². The van der Waals surface area contributed by atoms with Gasteiger partial charge in [0.05, 0.1) is 22.9 Å². The molecule has 304 valence electrons. The Balaban J connectivity index is 0.000000221. The summed E-state index contributed by atoms with van der Waals surface area (Å²) in [5, 5.41) is 19.1. The van der Waals surface area contributed by atoms with Crippen molar-refractivity contribution in [1.29, 1.82) is 0 Å². The lowest BCUT2D eigenvalue weighted by Crippen LogP contribution is -2.25. The summed E-state index contributed by atoms with van der Waals surface area (Å²) < 4.78 is 76.8. The quantitative estimate of drug-likeness (QED) is 0.102. The first-order chi connectivity index (χ1) is 27.8. The molecule has 0 radical (unpaired) electrons. The predicted octanol–water partition coefficient (Wildman–Crippen LogP) is 5.00. The Morgan fingerprint density at radius 2 is 0.879 bits per heavy atom. The molecule has 14 nitrogen and oxygen atoms in total. The first kappa shape index (κ1) is 43.2. The molecule has 0 bridgehead atoms. The van der Waals surface area contributed by atoms with E-state index in [1.807, 2.05) is 60.7 Å². The minimum Gasteiger partial charge on any atom is -0.482 e. The van der Waals surface area contributed by atoms with Crippen molar-refractivity contribution in [2.75, 3.05) is 0 Å². The Morgan fingerprint density at radius 3 is 1.22 bits per heavy atom. The first-order valence-corrected chi connectivity index (χ1v) is 20.8. The van der Waals surface area contributed by atoms with E-state index in [0.717, 1.165) is 23.3 Å². The van der Waals surface area contributed by atoms with E-state index in [-0.39, 0.29) is 70.6 Å². The molecule has 0 unspecified atom stereocenters. The van der Waals surface area contributed by atoms with Gasteiger partial charge in [-0.1, -0.05) is 97.1 Å². The normalized spacial score (nSPS) is 11.4. The van der Waals surface area contributed by atoms with E-state index < -0.39 is 44.1 Å². The zero-order valence-corrected chi connectivity index (χ0v) is 33.2. The second-order valence-electron chi connectivity index (χ2n) is 12.7. The molecule has 2 heterocycles. The highest BCUT2D eigenvalue weighted by Gasteiger charge is 2.20. The van der Waals surface area contributed by atoms with Gasteiger partial charge in [-0.3, -0.25) is 9.59 Å². The van der Waals surface area contributed by atoms with Crippen LogP contribution in [0, 0.1) is 13.8 Å². The van der Waals surface area contributed by atoms with E-state index in [2.05, 4.69) is 9.44 Å². The third kappa shape index (κ3) is 11.6. The fourth-order valence-corrected chi connectivity index (χ4v) is 7.99. The van der Waals surface area contributed by atoms with Crippen molar-refractivity contribution in [2.24, 2.45) is 0 Å². The highest BCUT2D eigenvalue weighted by Crippen LogP contribution is 2.21. The van der Waals surface area contributed by atoms with Gasteiger partial charge in [0, 0.05) is 12.1 Å². The topological polar surface area (TPSA) is 212 Å². The fourth-order valence-electron chi connectivity index (χ4n) is 5.52. The van der Waals surface area contributed by atoms with Crippen LogP contribution < -0.4 is 29.8 Å². The lowest BCUT2D eigenvalue weighted by atomic mass is 10.2. The van der Waals surface area contributed by atoms with Crippen LogP contribution in [0.25, 0.3) is 0 Å². The van der Waals surface area contributed by atoms with Crippen molar-refractivity contribution in [3.8, 4) is 11.5 Å². The van der Waals surface area contributed by atoms with Gasteiger partial charge in [0.15, 0.2) is 11.5 Å². The zero-order chi connectivity index (χ0) is 41.7. The molecule has 6 aromatic rings. The van der Waals surface area contributed by atoms with Crippen LogP contribution in [-0.4, -0.2) is 27.0 Å². The Bertz CT molecular complexity index is 2460. The Kier molecular flexibility index (Phi) is 14.9. The van der Waals surface area contributed by atoms with Crippen LogP contribution in [0.15, 0.2) is 150 Å². The van der Waals surface area contributed by atoms with Gasteiger partial charge >= 0.3 is 0 Å². The molecular formula is C42H42N2O12S2. The molecule has 0 amide bonds. The maximum atomic E-state index is 12.5. The summed E-state index contributed by atoms with van der Waals surface area (Å²) in [6.07, 6.45) is 0. The summed E-state index contributed by atoms with van der Waals surface area (Å²) in [4.78, 5) is 25.1. The Labute approximate surface area is 335 Å². The number of hydrogen-bond acceptors (Lipinski definition) is 12. The van der Waals surface area contributed by atoms with Crippen molar-refractivity contribution in [3.63, 3.8) is 0 Å². The summed E-state index contributed by atoms with van der Waals surface area (Å²) in [6, 6.07) is 33.9. The number of benzene rings is 4. The van der Waals surface area contributed by atoms with Gasteiger partial charge < -0.3 is 28.5 Å². The van der Waals surface area contributed by atoms with Gasteiger partial charge in [0.25, 0.3) is 0 Å². The highest BCUT2D eigenvalue weighted by atomic mass is 32.2. The van der Waals surface area contributed by atoms with E-state index >= 15 is 0 Å². The van der Waals surface area contributed by atoms with Crippen LogP contribution in [0.4, 0.5) is 0 Å². The summed E-state index contributed by atoms with van der Waals surface area (Å²) in [5.41, 5.74) is 1.91. The van der Waals surface area contributed by atoms with Crippen LogP contribution >= 0.6 is 0 Å². The molecule has 0 aliphatic carbocycles. The maximum Gasteiger partial charge on any atom is 0.241 e. The predicted molar refractivity (Wildman–Crippen MR) is 214 cm³/mol. The second kappa shape index (κ2) is 20.0. The number of aryl methyl sites for hydroxylation is 2. The number of nitrogens with one attached hydrogen (secondary N) is 2. The molecule has 16 heteroatoms. The average molecular weight is 831 g/mol. The average Bonchev–Trinajstić information content (AvgIpc) is 3.22. The number of aliphatic hydroxyl groups excluding tert-OH is 2. The highest BCUT2D eigenvalue weighted by molar-refractivity contribution is 7.89. The molecule has 0 atom stereocenters. The van der Waals surface area contributed by atoms with Crippen molar-refractivity contribution in [3.05, 3.63) is 187 Å². The van der Waals surface area contributed by atoms with Crippen LogP contribution in [0.5, 0.6) is 11.5 Å². The molecule has 0 fully saturated rings. The van der Waals surface area contributed by atoms with Crippen molar-refractivity contribution in [2.45, 2.75) is 63.2 Å². The summed E-state index contributed by atoms with van der Waals surface area (Å²) >= 11 is 0. The fraction of sp³-hybridized carbons (Fsp3) is 0.190. The SMILES string of the molecule is Cc1ccccc1S(=O)(=O)NCc1cc(=O)c(OCc2ccccc2)c(CO)o1.Cc1ccccc1S(=O)(=O)NCc1cc(=O)c(OCc2ccccc2)c(CO)o1. The van der Waals surface area contributed by atoms with E-state index in [9.17, 15) is 36.6 Å². The van der Waals surface area contributed by atoms with Gasteiger partial charge in [0.1, 0.15) is 37.9 Å². The number of rotatable bonds is 16. The molecule has 58 heavy (non-hydrogen) atoms. The number of sulfonamides is 2. The van der Waals surface area contributed by atoms with Crippen molar-refractivity contribution in [1.82, 2.24) is 9.44 Å². The minimum absolute atomic E-state index is 0.0569. The Morgan fingerprint density at radius 1 is 0.534 bits per heavy atom. The third-order valence-electron chi connectivity index (χ3n) is 8.43. The lowest BCUT2D eigenvalue weighted by molar-refractivity contribution is 0.213. The summed E-state index contributed by atoms with van der Waals surface area (Å²) in [5.74, 6) is -0.160. The van der Waals surface area contributed by atoms with Crippen LogP contribution in [0.1, 0.15) is 45.3 Å². The molecule has 6 rings (SSSR count). The summed E-state index contributed by atoms with van der Waals surface area (Å²) in [6.45, 7) is 2.07. The van der Waals surface area contributed by atoms with Crippen LogP contribution in [0.2, 0.25) is 0 Å². The number of ether oxygens (including phenoxy) is 2. The molecule has 0 spiro atoms. The van der Waals surface area contributed by atoms with Gasteiger partial charge in [-0.15, -0.1) is 0 Å². The smallest absolute Gasteiger partial charge is 0.241 e. The van der Waals surface area contributed by atoms with Gasteiger partial charge in [0.2, 0.25) is 42.4 Å². The number of aliphatic hydroxyl groups is 2. The first-order valence-electron chi connectivity index (χ1n) is 17.8. The van der Waals surface area contributed by atoms with Gasteiger partial charge in [-0.25, -0.2) is 26.3 Å². The molecule has 0 saturated heterocycles. The van der Waals surface area contributed by atoms with Crippen LogP contribution in [0.3, 0.4) is 0 Å². The Hall–Kier alpha value is -5.88. The molecule has 4 N–H and O–H groups in total. The number of hydrogen-bond donors (Lipinski definition) is 4. The molecular weight excluding hydrogens is 789 g/mol. The molecule has 4 aromatic carbocycles. The van der Waals surface area contributed by atoms with E-state index in [4.69, 9.17) is 18.3 Å². The monoisotopic (exact) mass is 830 g/mol. The van der Waals surface area contributed by atoms with Crippen molar-refractivity contribution < 1.29 is 45.4 Å². The van der Waals surface area contributed by atoms with Crippen molar-refractivity contribution >= 4 is 20.0 Å². The van der Waals surface area contributed by atoms with E-state index in [1.165, 1.54) is 12.1 Å². The largest absolute Gasteiger partial charge is 0.482 e. The third-order valence-corrected chi connectivity index (χ3v) is 11.5. The molecule has 0 aliphatic heterocycles. The molecule has 0 saturated carbocycles. The molecule has 0 aliphatic rings. The molecule has 2 aromatic heterocycles. The second-order valence-corrected chi connectivity index (χ2v) is 16.2. The minimum atomic E-state index is -3.78. The maximum absolute atomic E-state index is 12.5. The zero-order valence-electron chi connectivity index (χ0n) is 31.6. The summed E-state index contributed by atoms with van der Waals surface area (Å²) in [7, 11) is -7.57. The van der Waals surface area contributed by atoms with E-state index in [0.29, 0.717) is 11.1 Å². The van der Waals surface area contributed by atoms with E-state index in [1.54, 1.807) is 50.2 Å². The van der Waals surface area contributed by atoms with Gasteiger partial charge in [-0.2, -0.15) is 0 Å². The van der Waals surface area contributed by atoms with Crippen LogP contribution in [-0.2, 0) is 59.6 Å². The lowest BCUT2D eigenvalue weighted by Gasteiger charge is -2.12. The standard InChI is InChI=1S/2C21H21NO6S/c2*1-15-7-5-6-10-20(15)29(25,26)22-12-17-11-18(24)21(19(13-23)28-17)27-14-16-8-3-2-4-9-16/h2*2-11,22-23H,12-14H2,1H3.